The van der Waals surface area contributed by atoms with Crippen LogP contribution < -0.4 is 11.1 Å². The quantitative estimate of drug-likeness (QED) is 0.678. The topological polar surface area (TPSA) is 75.3 Å². The van der Waals surface area contributed by atoms with Crippen LogP contribution in [-0.2, 0) is 11.2 Å². The van der Waals surface area contributed by atoms with E-state index in [1.165, 1.54) is 0 Å². The highest BCUT2D eigenvalue weighted by atomic mass is 16.4. The molecule has 0 fully saturated rings. The molecule has 15 heavy (non-hydrogen) atoms. The summed E-state index contributed by atoms with van der Waals surface area (Å²) in [5.74, 6) is -0.959. The molecule has 1 rings (SSSR count). The lowest BCUT2D eigenvalue weighted by Gasteiger charge is -2.04. The number of hydrogen-bond donors (Lipinski definition) is 3. The summed E-state index contributed by atoms with van der Waals surface area (Å²) in [6.07, 6.45) is 0.385. The average Bonchev–Trinajstić information content (AvgIpc) is 2.20. The Morgan fingerprint density at radius 1 is 1.40 bits per heavy atom. The van der Waals surface area contributed by atoms with Gasteiger partial charge in [-0.3, -0.25) is 4.79 Å². The second kappa shape index (κ2) is 7.96. The second-order valence-corrected chi connectivity index (χ2v) is 3.13. The maximum absolute atomic E-state index is 10.4. The first-order valence-electron chi connectivity index (χ1n) is 4.72. The Morgan fingerprint density at radius 3 is 2.27 bits per heavy atom. The van der Waals surface area contributed by atoms with Crippen molar-refractivity contribution in [2.75, 3.05) is 14.1 Å². The molecular weight excluding hydrogens is 192 g/mol. The van der Waals surface area contributed by atoms with Crippen molar-refractivity contribution in [3.05, 3.63) is 35.9 Å². The van der Waals surface area contributed by atoms with Gasteiger partial charge in [-0.25, -0.2) is 0 Å². The number of nitrogens with one attached hydrogen (secondary N) is 1. The zero-order chi connectivity index (χ0) is 11.7. The molecule has 0 spiro atoms. The molecule has 0 radical (unpaired) electrons. The molecule has 4 heteroatoms. The molecule has 1 aromatic carbocycles. The summed E-state index contributed by atoms with van der Waals surface area (Å²) in [6.45, 7) is 0. The summed E-state index contributed by atoms with van der Waals surface area (Å²) in [6, 6.07) is 8.54. The summed E-state index contributed by atoms with van der Waals surface area (Å²) in [5, 5.41) is 11.3. The van der Waals surface area contributed by atoms with E-state index in [4.69, 9.17) is 10.8 Å². The summed E-state index contributed by atoms with van der Waals surface area (Å²) in [5.41, 5.74) is 6.30. The predicted octanol–water partition coefficient (Wildman–Crippen LogP) is 0.477. The highest BCUT2D eigenvalue weighted by molar-refractivity contribution is 5.73. The Labute approximate surface area is 90.1 Å². The number of rotatable bonds is 3. The van der Waals surface area contributed by atoms with E-state index in [0.29, 0.717) is 6.42 Å². The predicted molar refractivity (Wildman–Crippen MR) is 60.7 cm³/mol. The molecule has 0 unspecified atom stereocenters. The van der Waals surface area contributed by atoms with Crippen LogP contribution in [0.25, 0.3) is 0 Å². The fourth-order valence-electron chi connectivity index (χ4n) is 0.955. The summed E-state index contributed by atoms with van der Waals surface area (Å²) in [4.78, 5) is 10.4. The minimum atomic E-state index is -0.959. The fourth-order valence-corrected chi connectivity index (χ4v) is 0.955. The minimum Gasteiger partial charge on any atom is -0.480 e. The van der Waals surface area contributed by atoms with E-state index < -0.39 is 12.0 Å². The molecule has 0 saturated heterocycles. The zero-order valence-electron chi connectivity index (χ0n) is 9.10. The Kier molecular flexibility index (Phi) is 7.23. The van der Waals surface area contributed by atoms with Crippen molar-refractivity contribution in [2.45, 2.75) is 12.5 Å². The van der Waals surface area contributed by atoms with Crippen molar-refractivity contribution in [3.8, 4) is 0 Å². The third-order valence-corrected chi connectivity index (χ3v) is 1.62. The van der Waals surface area contributed by atoms with Crippen molar-refractivity contribution in [1.82, 2.24) is 5.32 Å². The number of aliphatic carboxylic acids is 1. The van der Waals surface area contributed by atoms with E-state index >= 15 is 0 Å². The smallest absolute Gasteiger partial charge is 0.320 e. The van der Waals surface area contributed by atoms with Crippen LogP contribution in [0.3, 0.4) is 0 Å². The summed E-state index contributed by atoms with van der Waals surface area (Å²) in [7, 11) is 3.75. The normalized spacial score (nSPS) is 11.1. The van der Waals surface area contributed by atoms with Gasteiger partial charge in [0, 0.05) is 0 Å². The lowest BCUT2D eigenvalue weighted by molar-refractivity contribution is -0.138. The maximum Gasteiger partial charge on any atom is 0.320 e. The lowest BCUT2D eigenvalue weighted by Crippen LogP contribution is -2.32. The van der Waals surface area contributed by atoms with Crippen LogP contribution in [0.4, 0.5) is 0 Å². The maximum atomic E-state index is 10.4. The number of carbonyl (C=O) groups is 1. The molecule has 0 bridgehead atoms. The van der Waals surface area contributed by atoms with Gasteiger partial charge in [-0.1, -0.05) is 30.3 Å². The Morgan fingerprint density at radius 2 is 1.87 bits per heavy atom. The molecule has 0 heterocycles. The molecule has 4 nitrogen and oxygen atoms in total. The van der Waals surface area contributed by atoms with Crippen LogP contribution in [0.15, 0.2) is 30.3 Å². The number of carboxylic acid groups (broad SMARTS) is 1. The van der Waals surface area contributed by atoms with Gasteiger partial charge in [0.05, 0.1) is 0 Å². The van der Waals surface area contributed by atoms with E-state index in [0.717, 1.165) is 5.56 Å². The van der Waals surface area contributed by atoms with Crippen molar-refractivity contribution in [3.63, 3.8) is 0 Å². The lowest BCUT2D eigenvalue weighted by atomic mass is 10.1. The van der Waals surface area contributed by atoms with Crippen LogP contribution in [0.1, 0.15) is 5.56 Å². The van der Waals surface area contributed by atoms with E-state index in [1.54, 1.807) is 0 Å². The molecule has 1 aromatic rings. The molecule has 0 aromatic heterocycles. The fraction of sp³-hybridized carbons (Fsp3) is 0.364. The van der Waals surface area contributed by atoms with Gasteiger partial charge in [0.15, 0.2) is 0 Å². The second-order valence-electron chi connectivity index (χ2n) is 3.13. The zero-order valence-corrected chi connectivity index (χ0v) is 9.10. The third-order valence-electron chi connectivity index (χ3n) is 1.62. The minimum absolute atomic E-state index is 0.385. The van der Waals surface area contributed by atoms with E-state index in [1.807, 2.05) is 44.4 Å². The Bertz CT molecular complexity index is 275. The molecule has 1 atom stereocenters. The first-order chi connectivity index (χ1) is 7.11. The average molecular weight is 210 g/mol. The largest absolute Gasteiger partial charge is 0.480 e. The van der Waals surface area contributed by atoms with Crippen molar-refractivity contribution in [1.29, 1.82) is 0 Å². The first kappa shape index (κ1) is 13.6. The Hall–Kier alpha value is -1.39. The van der Waals surface area contributed by atoms with Crippen LogP contribution in [0.2, 0.25) is 0 Å². The number of carboxylic acids is 1. The van der Waals surface area contributed by atoms with Gasteiger partial charge in [0.1, 0.15) is 6.04 Å². The van der Waals surface area contributed by atoms with Crippen LogP contribution in [0, 0.1) is 0 Å². The van der Waals surface area contributed by atoms with Gasteiger partial charge in [0.25, 0.3) is 0 Å². The van der Waals surface area contributed by atoms with Crippen LogP contribution >= 0.6 is 0 Å². The number of hydrogen-bond acceptors (Lipinski definition) is 3. The third kappa shape index (κ3) is 6.65. The molecule has 0 aliphatic rings. The molecule has 84 valence electrons. The standard InChI is InChI=1S/C9H11NO2.C2H7N/c10-8(9(11)12)6-7-4-2-1-3-5-7;1-3-2/h1-5,8H,6,10H2,(H,11,12);3H,1-2H3/t8-;/m0./s1. The van der Waals surface area contributed by atoms with Gasteiger partial charge in [-0.05, 0) is 26.1 Å². The van der Waals surface area contributed by atoms with Crippen LogP contribution in [-0.4, -0.2) is 31.2 Å². The van der Waals surface area contributed by atoms with Crippen LogP contribution in [0.5, 0.6) is 0 Å². The number of benzene rings is 1. The molecule has 0 aliphatic carbocycles. The highest BCUT2D eigenvalue weighted by Gasteiger charge is 2.10. The van der Waals surface area contributed by atoms with Crippen molar-refractivity contribution in [2.24, 2.45) is 5.73 Å². The highest BCUT2D eigenvalue weighted by Crippen LogP contribution is 2.01. The monoisotopic (exact) mass is 210 g/mol. The number of nitrogens with two attached hydrogens (primary N) is 1. The molecule has 0 amide bonds. The van der Waals surface area contributed by atoms with Gasteiger partial charge >= 0.3 is 5.97 Å². The molecule has 0 aliphatic heterocycles. The van der Waals surface area contributed by atoms with E-state index in [2.05, 4.69) is 5.32 Å². The summed E-state index contributed by atoms with van der Waals surface area (Å²) < 4.78 is 0. The Balaban J connectivity index is 0.000000583. The van der Waals surface area contributed by atoms with Gasteiger partial charge in [-0.15, -0.1) is 0 Å². The van der Waals surface area contributed by atoms with Gasteiger partial charge in [0.2, 0.25) is 0 Å². The first-order valence-corrected chi connectivity index (χ1v) is 4.72. The summed E-state index contributed by atoms with van der Waals surface area (Å²) >= 11 is 0. The van der Waals surface area contributed by atoms with E-state index in [-0.39, 0.29) is 0 Å². The SMILES string of the molecule is CNC.N[C@@H](Cc1ccccc1)C(=O)O. The molecule has 4 N–H and O–H groups in total. The van der Waals surface area contributed by atoms with Gasteiger partial charge in [-0.2, -0.15) is 0 Å². The van der Waals surface area contributed by atoms with Crippen molar-refractivity contribution >= 4 is 5.97 Å². The van der Waals surface area contributed by atoms with Gasteiger partial charge < -0.3 is 16.2 Å². The van der Waals surface area contributed by atoms with E-state index in [9.17, 15) is 4.79 Å². The van der Waals surface area contributed by atoms with Crippen molar-refractivity contribution < 1.29 is 9.90 Å². The molecular formula is C11H18N2O2. The molecule has 0 saturated carbocycles.